The van der Waals surface area contributed by atoms with Crippen molar-refractivity contribution in [3.05, 3.63) is 58.4 Å². The predicted molar refractivity (Wildman–Crippen MR) is 82.6 cm³/mol. The number of esters is 1. The van der Waals surface area contributed by atoms with E-state index in [4.69, 9.17) is 9.26 Å². The van der Waals surface area contributed by atoms with Gasteiger partial charge in [0.1, 0.15) is 5.01 Å². The minimum atomic E-state index is -0.469. The Hall–Kier alpha value is -2.47. The number of thiazole rings is 1. The quantitative estimate of drug-likeness (QED) is 0.686. The van der Waals surface area contributed by atoms with E-state index >= 15 is 0 Å². The number of carbonyl (C=O) groups is 1. The van der Waals surface area contributed by atoms with Gasteiger partial charge < -0.3 is 9.26 Å². The molecule has 0 saturated carbocycles. The van der Waals surface area contributed by atoms with Gasteiger partial charge in [0.25, 0.3) is 0 Å². The van der Waals surface area contributed by atoms with E-state index in [0.29, 0.717) is 11.5 Å². The Morgan fingerprint density at radius 3 is 2.73 bits per heavy atom. The molecule has 0 fully saturated rings. The number of carbonyl (C=O) groups excluding carboxylic acids is 1. The van der Waals surface area contributed by atoms with E-state index in [1.54, 1.807) is 11.4 Å². The molecule has 0 bridgehead atoms. The maximum absolute atomic E-state index is 12.0. The van der Waals surface area contributed by atoms with Crippen LogP contribution in [0.15, 0.2) is 40.2 Å². The van der Waals surface area contributed by atoms with Gasteiger partial charge in [0, 0.05) is 17.0 Å². The van der Waals surface area contributed by atoms with Crippen LogP contribution in [0.4, 0.5) is 0 Å². The third-order valence-electron chi connectivity index (χ3n) is 3.03. The fourth-order valence-corrected chi connectivity index (χ4v) is 2.69. The lowest BCUT2D eigenvalue weighted by molar-refractivity contribution is 0.0431. The molecule has 5 nitrogen and oxygen atoms in total. The summed E-state index contributed by atoms with van der Waals surface area (Å²) in [5, 5.41) is 6.23. The second-order valence-electron chi connectivity index (χ2n) is 4.91. The van der Waals surface area contributed by atoms with Crippen LogP contribution in [0.25, 0.3) is 10.6 Å². The summed E-state index contributed by atoms with van der Waals surface area (Å²) in [5.41, 5.74) is 3.22. The lowest BCUT2D eigenvalue weighted by atomic mass is 10.2. The number of hydrogen-bond donors (Lipinski definition) is 0. The van der Waals surface area contributed by atoms with Gasteiger partial charge in [-0.05, 0) is 13.8 Å². The molecule has 22 heavy (non-hydrogen) atoms. The molecule has 0 amide bonds. The average Bonchev–Trinajstić information content (AvgIpc) is 3.15. The van der Waals surface area contributed by atoms with Crippen molar-refractivity contribution in [1.29, 1.82) is 0 Å². The third kappa shape index (κ3) is 3.23. The molecule has 0 aliphatic heterocycles. The van der Waals surface area contributed by atoms with Crippen LogP contribution in [-0.4, -0.2) is 16.1 Å². The van der Waals surface area contributed by atoms with Crippen molar-refractivity contribution in [2.45, 2.75) is 20.5 Å². The number of rotatable bonds is 4. The lowest BCUT2D eigenvalue weighted by Gasteiger charge is -1.99. The summed E-state index contributed by atoms with van der Waals surface area (Å²) in [5.74, 6) is 0.0449. The summed E-state index contributed by atoms with van der Waals surface area (Å²) in [6.07, 6.45) is 0. The second kappa shape index (κ2) is 6.11. The van der Waals surface area contributed by atoms with Crippen molar-refractivity contribution in [1.82, 2.24) is 10.1 Å². The zero-order valence-electron chi connectivity index (χ0n) is 12.2. The third-order valence-corrected chi connectivity index (χ3v) is 3.93. The molecular weight excluding hydrogens is 300 g/mol. The highest BCUT2D eigenvalue weighted by molar-refractivity contribution is 7.13. The molecule has 0 saturated heterocycles. The monoisotopic (exact) mass is 314 g/mol. The molecule has 3 aromatic rings. The number of ether oxygens (including phenoxy) is 1. The highest BCUT2D eigenvalue weighted by atomic mass is 32.1. The van der Waals surface area contributed by atoms with Gasteiger partial charge >= 0.3 is 5.97 Å². The first-order valence-corrected chi connectivity index (χ1v) is 7.61. The molecule has 0 aliphatic carbocycles. The number of hydrogen-bond acceptors (Lipinski definition) is 6. The molecule has 0 unspecified atom stereocenters. The maximum Gasteiger partial charge on any atom is 0.358 e. The first-order valence-electron chi connectivity index (χ1n) is 6.74. The summed E-state index contributed by atoms with van der Waals surface area (Å²) < 4.78 is 10.2. The summed E-state index contributed by atoms with van der Waals surface area (Å²) >= 11 is 1.41. The first-order chi connectivity index (χ1) is 10.6. The van der Waals surface area contributed by atoms with Gasteiger partial charge in [0.05, 0.1) is 5.69 Å². The fraction of sp³-hybridized carbons (Fsp3) is 0.188. The van der Waals surface area contributed by atoms with Gasteiger partial charge in [-0.3, -0.25) is 0 Å². The normalized spacial score (nSPS) is 10.6. The van der Waals surface area contributed by atoms with Crippen LogP contribution in [0, 0.1) is 13.8 Å². The predicted octanol–water partition coefficient (Wildman–Crippen LogP) is 3.77. The van der Waals surface area contributed by atoms with Crippen LogP contribution < -0.4 is 0 Å². The molecule has 0 spiro atoms. The van der Waals surface area contributed by atoms with Crippen molar-refractivity contribution in [3.63, 3.8) is 0 Å². The SMILES string of the molecule is Cc1ccc(-c2nc(C(=O)OCc3cc(C)no3)cs2)cc1. The van der Waals surface area contributed by atoms with E-state index in [-0.39, 0.29) is 6.61 Å². The number of benzene rings is 1. The van der Waals surface area contributed by atoms with Crippen molar-refractivity contribution in [3.8, 4) is 10.6 Å². The Bertz CT molecular complexity index is 790. The summed E-state index contributed by atoms with van der Waals surface area (Å²) in [6.45, 7) is 3.89. The minimum absolute atomic E-state index is 0.0526. The zero-order chi connectivity index (χ0) is 15.5. The van der Waals surface area contributed by atoms with Gasteiger partial charge in [0.15, 0.2) is 18.1 Å². The molecule has 112 valence electrons. The molecule has 6 heteroatoms. The largest absolute Gasteiger partial charge is 0.453 e. The van der Waals surface area contributed by atoms with Gasteiger partial charge in [0.2, 0.25) is 0 Å². The Morgan fingerprint density at radius 1 is 1.27 bits per heavy atom. The van der Waals surface area contributed by atoms with Crippen molar-refractivity contribution in [2.75, 3.05) is 0 Å². The topological polar surface area (TPSA) is 65.2 Å². The standard InChI is InChI=1S/C16H14N2O3S/c1-10-3-5-12(6-4-10)15-17-14(9-22-15)16(19)20-8-13-7-11(2)18-21-13/h3-7,9H,8H2,1-2H3. The van der Waals surface area contributed by atoms with Gasteiger partial charge in [-0.15, -0.1) is 11.3 Å². The van der Waals surface area contributed by atoms with Crippen LogP contribution >= 0.6 is 11.3 Å². The summed E-state index contributed by atoms with van der Waals surface area (Å²) in [7, 11) is 0. The van der Waals surface area contributed by atoms with Crippen LogP contribution in [0.2, 0.25) is 0 Å². The molecule has 0 N–H and O–H groups in total. The zero-order valence-corrected chi connectivity index (χ0v) is 13.0. The molecular formula is C16H14N2O3S. The summed E-state index contributed by atoms with van der Waals surface area (Å²) in [6, 6.07) is 9.73. The van der Waals surface area contributed by atoms with E-state index in [0.717, 1.165) is 16.3 Å². The van der Waals surface area contributed by atoms with E-state index in [9.17, 15) is 4.79 Å². The van der Waals surface area contributed by atoms with E-state index in [2.05, 4.69) is 10.1 Å². The average molecular weight is 314 g/mol. The molecule has 2 aromatic heterocycles. The minimum Gasteiger partial charge on any atom is -0.453 e. The fourth-order valence-electron chi connectivity index (χ4n) is 1.89. The second-order valence-corrected chi connectivity index (χ2v) is 5.77. The Morgan fingerprint density at radius 2 is 2.05 bits per heavy atom. The van der Waals surface area contributed by atoms with Crippen molar-refractivity contribution in [2.24, 2.45) is 0 Å². The van der Waals surface area contributed by atoms with Crippen LogP contribution in [0.5, 0.6) is 0 Å². The van der Waals surface area contributed by atoms with Crippen LogP contribution in [0.3, 0.4) is 0 Å². The number of nitrogens with zero attached hydrogens (tertiary/aromatic N) is 2. The Balaban J connectivity index is 1.67. The molecule has 1 aromatic carbocycles. The van der Waals surface area contributed by atoms with Gasteiger partial charge in [-0.1, -0.05) is 35.0 Å². The Kier molecular flexibility index (Phi) is 4.02. The van der Waals surface area contributed by atoms with Crippen LogP contribution in [0.1, 0.15) is 27.5 Å². The van der Waals surface area contributed by atoms with Gasteiger partial charge in [-0.2, -0.15) is 0 Å². The molecule has 0 aliphatic rings. The molecule has 0 radical (unpaired) electrons. The van der Waals surface area contributed by atoms with E-state index in [1.807, 2.05) is 38.1 Å². The number of aromatic nitrogens is 2. The number of aryl methyl sites for hydroxylation is 2. The van der Waals surface area contributed by atoms with E-state index in [1.165, 1.54) is 16.9 Å². The maximum atomic E-state index is 12.0. The van der Waals surface area contributed by atoms with Crippen molar-refractivity contribution >= 4 is 17.3 Å². The first kappa shape index (κ1) is 14.5. The Labute approximate surface area is 131 Å². The molecule has 0 atom stereocenters. The van der Waals surface area contributed by atoms with Crippen LogP contribution in [-0.2, 0) is 11.3 Å². The van der Waals surface area contributed by atoms with Gasteiger partial charge in [-0.25, -0.2) is 9.78 Å². The highest BCUT2D eigenvalue weighted by Gasteiger charge is 2.14. The smallest absolute Gasteiger partial charge is 0.358 e. The highest BCUT2D eigenvalue weighted by Crippen LogP contribution is 2.24. The molecule has 2 heterocycles. The molecule has 3 rings (SSSR count). The summed E-state index contributed by atoms with van der Waals surface area (Å²) in [4.78, 5) is 16.3. The van der Waals surface area contributed by atoms with E-state index < -0.39 is 5.97 Å². The lowest BCUT2D eigenvalue weighted by Crippen LogP contribution is -2.05. The van der Waals surface area contributed by atoms with Crippen molar-refractivity contribution < 1.29 is 14.1 Å².